The van der Waals surface area contributed by atoms with Crippen LogP contribution >= 0.6 is 11.6 Å². The molecule has 0 fully saturated rings. The molecule has 2 aliphatic rings. The molecule has 1 aliphatic heterocycles. The number of halogens is 1. The molecule has 0 saturated carbocycles. The van der Waals surface area contributed by atoms with Gasteiger partial charge in [0.2, 0.25) is 0 Å². The standard InChI is InChI=1S/C36H26ClN/c1-23-11-15-25(16-12-23)33-29-7-3-4-8-30(29)35-34(33)31-9-5-6-10-32(31)38(28-21-19-27(37)20-22-28)36(35)26-17-13-24(2)14-18-26/h3-22H,1-2H3. The van der Waals surface area contributed by atoms with Crippen LogP contribution in [0.1, 0.15) is 11.1 Å². The maximum Gasteiger partial charge on any atom is 0.0619 e. The molecule has 0 bridgehead atoms. The zero-order chi connectivity index (χ0) is 25.8. The topological polar surface area (TPSA) is 4.93 Å². The minimum absolute atomic E-state index is 0.733. The number of hydrogen-bond donors (Lipinski definition) is 0. The molecule has 1 nitrogen and oxygen atoms in total. The number of benzene rings is 5. The first-order chi connectivity index (χ1) is 18.6. The Hall–Kier alpha value is -4.33. The molecule has 0 radical (unpaired) electrons. The van der Waals surface area contributed by atoms with Crippen LogP contribution in [0.5, 0.6) is 0 Å². The van der Waals surface area contributed by atoms with E-state index in [0.717, 1.165) is 10.7 Å². The molecule has 1 heterocycles. The number of para-hydroxylation sites is 1. The second-order valence-corrected chi connectivity index (χ2v) is 10.5. The molecule has 0 spiro atoms. The Morgan fingerprint density at radius 2 is 1.00 bits per heavy atom. The van der Waals surface area contributed by atoms with Gasteiger partial charge in [0.05, 0.1) is 11.2 Å². The van der Waals surface area contributed by atoms with Gasteiger partial charge in [0.25, 0.3) is 0 Å². The molecule has 5 aromatic rings. The van der Waals surface area contributed by atoms with Crippen LogP contribution < -0.4 is 0 Å². The average Bonchev–Trinajstić information content (AvgIpc) is 3.29. The summed E-state index contributed by atoms with van der Waals surface area (Å²) in [5.74, 6) is 0. The van der Waals surface area contributed by atoms with Crippen LogP contribution in [-0.2, 0) is 0 Å². The lowest BCUT2D eigenvalue weighted by Gasteiger charge is -2.24. The van der Waals surface area contributed by atoms with E-state index in [1.807, 2.05) is 12.1 Å². The third-order valence-corrected chi connectivity index (χ3v) is 7.84. The second kappa shape index (κ2) is 8.90. The fourth-order valence-electron chi connectivity index (χ4n) is 5.80. The van der Waals surface area contributed by atoms with Crippen LogP contribution in [0.2, 0.25) is 5.02 Å². The van der Waals surface area contributed by atoms with Gasteiger partial charge < -0.3 is 4.57 Å². The van der Waals surface area contributed by atoms with Gasteiger partial charge in [-0.15, -0.1) is 0 Å². The number of hydrogen-bond acceptors (Lipinski definition) is 0. The highest BCUT2D eigenvalue weighted by Crippen LogP contribution is 2.53. The SMILES string of the molecule is Cc1ccc(-c2c3c4ccccc4n(-c4ccc(Cl)cc4)c(-c4ccc(C)cc4)c-3c3ccccc23)cc1. The molecule has 0 amide bonds. The van der Waals surface area contributed by atoms with Crippen molar-refractivity contribution in [1.29, 1.82) is 0 Å². The fraction of sp³-hybridized carbons (Fsp3) is 0.0556. The Morgan fingerprint density at radius 1 is 0.474 bits per heavy atom. The largest absolute Gasteiger partial charge is 0.309 e. The van der Waals surface area contributed by atoms with E-state index < -0.39 is 0 Å². The maximum absolute atomic E-state index is 6.34. The average molecular weight is 508 g/mol. The third kappa shape index (κ3) is 3.55. The van der Waals surface area contributed by atoms with Crippen molar-refractivity contribution in [2.24, 2.45) is 0 Å². The highest BCUT2D eigenvalue weighted by Gasteiger charge is 2.28. The Balaban J connectivity index is 1.75. The maximum atomic E-state index is 6.34. The van der Waals surface area contributed by atoms with Gasteiger partial charge in [-0.2, -0.15) is 0 Å². The molecule has 0 aromatic heterocycles. The van der Waals surface area contributed by atoms with Crippen LogP contribution in [0.15, 0.2) is 121 Å². The summed E-state index contributed by atoms with van der Waals surface area (Å²) in [6.07, 6.45) is 0. The third-order valence-electron chi connectivity index (χ3n) is 7.59. The number of aryl methyl sites for hydroxylation is 2. The first-order valence-corrected chi connectivity index (χ1v) is 13.4. The molecule has 2 heteroatoms. The molecule has 182 valence electrons. The van der Waals surface area contributed by atoms with Gasteiger partial charge in [-0.3, -0.25) is 0 Å². The Morgan fingerprint density at radius 3 is 1.63 bits per heavy atom. The summed E-state index contributed by atoms with van der Waals surface area (Å²) in [4.78, 5) is 0. The summed E-state index contributed by atoms with van der Waals surface area (Å²) < 4.78 is 2.41. The first-order valence-electron chi connectivity index (χ1n) is 13.0. The van der Waals surface area contributed by atoms with Crippen molar-refractivity contribution in [2.45, 2.75) is 13.8 Å². The lowest BCUT2D eigenvalue weighted by atomic mass is 9.91. The normalized spacial score (nSPS) is 11.6. The van der Waals surface area contributed by atoms with E-state index in [4.69, 9.17) is 11.6 Å². The number of pyridine rings is 1. The van der Waals surface area contributed by atoms with E-state index in [2.05, 4.69) is 128 Å². The number of fused-ring (bicyclic) bond motifs is 5. The van der Waals surface area contributed by atoms with E-state index in [1.165, 1.54) is 66.3 Å². The van der Waals surface area contributed by atoms with E-state index in [0.29, 0.717) is 0 Å². The van der Waals surface area contributed by atoms with Gasteiger partial charge in [-0.25, -0.2) is 0 Å². The summed E-state index contributed by atoms with van der Waals surface area (Å²) >= 11 is 6.34. The van der Waals surface area contributed by atoms with Crippen LogP contribution in [0.4, 0.5) is 0 Å². The van der Waals surface area contributed by atoms with Crippen molar-refractivity contribution >= 4 is 33.3 Å². The van der Waals surface area contributed by atoms with Gasteiger partial charge in [-0.05, 0) is 71.6 Å². The molecule has 0 atom stereocenters. The van der Waals surface area contributed by atoms with Gasteiger partial charge in [0.15, 0.2) is 0 Å². The summed E-state index contributed by atoms with van der Waals surface area (Å²) in [6.45, 7) is 4.28. The van der Waals surface area contributed by atoms with Gasteiger partial charge in [0, 0.05) is 27.2 Å². The Bertz CT molecular complexity index is 1910. The fourth-order valence-corrected chi connectivity index (χ4v) is 5.93. The van der Waals surface area contributed by atoms with Crippen molar-refractivity contribution in [2.75, 3.05) is 0 Å². The summed E-state index contributed by atoms with van der Waals surface area (Å²) in [5, 5.41) is 4.51. The monoisotopic (exact) mass is 507 g/mol. The van der Waals surface area contributed by atoms with E-state index in [-0.39, 0.29) is 0 Å². The Labute approximate surface area is 227 Å². The number of nitrogens with zero attached hydrogens (tertiary/aromatic N) is 1. The van der Waals surface area contributed by atoms with Crippen LogP contribution in [0.3, 0.4) is 0 Å². The molecular weight excluding hydrogens is 482 g/mol. The van der Waals surface area contributed by atoms with Crippen molar-refractivity contribution in [3.8, 4) is 39.2 Å². The molecule has 0 unspecified atom stereocenters. The van der Waals surface area contributed by atoms with Gasteiger partial charge >= 0.3 is 0 Å². The minimum atomic E-state index is 0.733. The van der Waals surface area contributed by atoms with Crippen LogP contribution in [-0.4, -0.2) is 4.57 Å². The molecule has 0 N–H and O–H groups in total. The second-order valence-electron chi connectivity index (χ2n) is 10.1. The van der Waals surface area contributed by atoms with Crippen LogP contribution in [0.25, 0.3) is 60.9 Å². The molecule has 1 aliphatic carbocycles. The van der Waals surface area contributed by atoms with Gasteiger partial charge in [0.1, 0.15) is 0 Å². The predicted molar refractivity (Wildman–Crippen MR) is 163 cm³/mol. The van der Waals surface area contributed by atoms with Gasteiger partial charge in [-0.1, -0.05) is 114 Å². The van der Waals surface area contributed by atoms with Crippen molar-refractivity contribution in [3.63, 3.8) is 0 Å². The van der Waals surface area contributed by atoms with E-state index in [1.54, 1.807) is 0 Å². The zero-order valence-corrected chi connectivity index (χ0v) is 22.1. The predicted octanol–water partition coefficient (Wildman–Crippen LogP) is 10.5. The number of rotatable bonds is 3. The highest BCUT2D eigenvalue weighted by atomic mass is 35.5. The zero-order valence-electron chi connectivity index (χ0n) is 21.4. The lowest BCUT2D eigenvalue weighted by molar-refractivity contribution is 1.12. The van der Waals surface area contributed by atoms with Crippen molar-refractivity contribution in [1.82, 2.24) is 4.57 Å². The molecule has 7 rings (SSSR count). The summed E-state index contributed by atoms with van der Waals surface area (Å²) in [6, 6.07) is 43.7. The lowest BCUT2D eigenvalue weighted by Crippen LogP contribution is -2.05. The first kappa shape index (κ1) is 22.8. The van der Waals surface area contributed by atoms with Crippen molar-refractivity contribution < 1.29 is 0 Å². The summed E-state index contributed by atoms with van der Waals surface area (Å²) in [7, 11) is 0. The molecular formula is C36H26ClN. The highest BCUT2D eigenvalue weighted by molar-refractivity contribution is 6.30. The smallest absolute Gasteiger partial charge is 0.0619 e. The molecule has 38 heavy (non-hydrogen) atoms. The summed E-state index contributed by atoms with van der Waals surface area (Å²) in [5.41, 5.74) is 12.3. The molecule has 5 aromatic carbocycles. The Kier molecular flexibility index (Phi) is 5.35. The quantitative estimate of drug-likeness (QED) is 0.224. The van der Waals surface area contributed by atoms with E-state index in [9.17, 15) is 0 Å². The molecule has 0 saturated heterocycles. The van der Waals surface area contributed by atoms with E-state index >= 15 is 0 Å². The van der Waals surface area contributed by atoms with Crippen molar-refractivity contribution in [3.05, 3.63) is 137 Å². The minimum Gasteiger partial charge on any atom is -0.309 e. The number of aromatic nitrogens is 1. The van der Waals surface area contributed by atoms with Crippen LogP contribution in [0, 0.1) is 13.8 Å².